The lowest BCUT2D eigenvalue weighted by atomic mass is 9.86. The predicted octanol–water partition coefficient (Wildman–Crippen LogP) is 7.54. The molecule has 0 aliphatic carbocycles. The first-order valence-electron chi connectivity index (χ1n) is 14.0. The lowest BCUT2D eigenvalue weighted by Gasteiger charge is -2.41. The topological polar surface area (TPSA) is 69.7 Å². The lowest BCUT2D eigenvalue weighted by Crippen LogP contribution is -2.42. The maximum Gasteiger partial charge on any atom is 0.229 e. The summed E-state index contributed by atoms with van der Waals surface area (Å²) in [6.07, 6.45) is 4.07. The summed E-state index contributed by atoms with van der Waals surface area (Å²) in [5.41, 5.74) is 5.91. The number of thiocarbonyl (C=S) groups is 1. The first kappa shape index (κ1) is 29.9. The molecule has 0 bridgehead atoms. The number of carbonyl (C=O) groups excluding carboxylic acids is 1. The minimum absolute atomic E-state index is 0.0996. The molecule has 2 aliphatic heterocycles. The van der Waals surface area contributed by atoms with Gasteiger partial charge >= 0.3 is 0 Å². The van der Waals surface area contributed by atoms with Gasteiger partial charge in [-0.2, -0.15) is 0 Å². The monoisotopic (exact) mass is 603 g/mol. The van der Waals surface area contributed by atoms with Crippen molar-refractivity contribution in [2.75, 3.05) is 29.3 Å². The quantitative estimate of drug-likeness (QED) is 0.292. The Balaban J connectivity index is 1.65. The van der Waals surface area contributed by atoms with Gasteiger partial charge in [0, 0.05) is 46.7 Å². The van der Waals surface area contributed by atoms with E-state index in [-0.39, 0.29) is 23.5 Å². The van der Waals surface area contributed by atoms with Crippen LogP contribution in [-0.4, -0.2) is 35.7 Å². The number of nitrogens with one attached hydrogen (secondary N) is 2. The molecule has 1 amide bonds. The molecule has 220 valence electrons. The number of anilines is 3. The number of hydrogen-bond donors (Lipinski definition) is 2. The first-order valence-corrected chi connectivity index (χ1v) is 14.8. The number of halogens is 1. The summed E-state index contributed by atoms with van der Waals surface area (Å²) in [7, 11) is 3.69. The molecule has 1 fully saturated rings. The molecule has 2 aliphatic rings. The van der Waals surface area contributed by atoms with Crippen LogP contribution in [0.4, 0.5) is 17.1 Å². The number of carbonyl (C=O) groups is 1. The van der Waals surface area contributed by atoms with Crippen LogP contribution < -0.4 is 25.2 Å². The molecule has 3 heterocycles. The van der Waals surface area contributed by atoms with Gasteiger partial charge in [-0.25, -0.2) is 0 Å². The summed E-state index contributed by atoms with van der Waals surface area (Å²) in [4.78, 5) is 21.7. The average Bonchev–Trinajstić information content (AvgIpc) is 3.28. The molecular weight excluding hydrogens is 566 g/mol. The number of pyridine rings is 1. The minimum atomic E-state index is -0.551. The van der Waals surface area contributed by atoms with Crippen molar-refractivity contribution in [1.82, 2.24) is 10.3 Å². The highest BCUT2D eigenvalue weighted by Gasteiger charge is 2.43. The third-order valence-electron chi connectivity index (χ3n) is 8.14. The molecule has 9 heteroatoms. The lowest BCUT2D eigenvalue weighted by molar-refractivity contribution is -0.123. The smallest absolute Gasteiger partial charge is 0.229 e. The largest absolute Gasteiger partial charge is 0.494 e. The molecule has 0 unspecified atom stereocenters. The molecule has 2 atom stereocenters. The number of amides is 1. The molecular formula is C33H38ClN5O2S. The van der Waals surface area contributed by atoms with Gasteiger partial charge in [0.05, 0.1) is 36.1 Å². The predicted molar refractivity (Wildman–Crippen MR) is 177 cm³/mol. The summed E-state index contributed by atoms with van der Waals surface area (Å²) in [5, 5.41) is 7.70. The SMILES string of the molecule is COc1cc(N2C(=S)N[C@H](c3ccccn3)[C@H]2c2cc3c(cc2Cl)N(C)C(C)(C)C=C3C)ccc1NC(=O)C(C)(C)C. The second-order valence-corrected chi connectivity index (χ2v) is 13.3. The van der Waals surface area contributed by atoms with E-state index in [2.05, 4.69) is 71.4 Å². The summed E-state index contributed by atoms with van der Waals surface area (Å²) < 4.78 is 5.73. The van der Waals surface area contributed by atoms with E-state index in [9.17, 15) is 4.79 Å². The molecule has 7 nitrogen and oxygen atoms in total. The number of nitrogens with zero attached hydrogens (tertiary/aromatic N) is 3. The van der Waals surface area contributed by atoms with Crippen LogP contribution in [0, 0.1) is 5.41 Å². The molecule has 1 aromatic heterocycles. The van der Waals surface area contributed by atoms with Crippen LogP contribution in [0.15, 0.2) is 60.8 Å². The fourth-order valence-corrected chi connectivity index (χ4v) is 6.22. The van der Waals surface area contributed by atoms with E-state index in [1.165, 1.54) is 5.57 Å². The van der Waals surface area contributed by atoms with Crippen molar-refractivity contribution >= 4 is 57.5 Å². The average molecular weight is 604 g/mol. The normalized spacial score (nSPS) is 19.6. The van der Waals surface area contributed by atoms with Crippen molar-refractivity contribution in [3.05, 3.63) is 82.6 Å². The van der Waals surface area contributed by atoms with E-state index < -0.39 is 5.41 Å². The minimum Gasteiger partial charge on any atom is -0.494 e. The Morgan fingerprint density at radius 1 is 1.17 bits per heavy atom. The van der Waals surface area contributed by atoms with Crippen LogP contribution in [0.3, 0.4) is 0 Å². The molecule has 5 rings (SSSR count). The van der Waals surface area contributed by atoms with E-state index in [4.69, 9.17) is 28.6 Å². The molecule has 2 N–H and O–H groups in total. The van der Waals surface area contributed by atoms with Gasteiger partial charge in [-0.3, -0.25) is 9.78 Å². The summed E-state index contributed by atoms with van der Waals surface area (Å²) >= 11 is 13.1. The van der Waals surface area contributed by atoms with E-state index in [1.807, 2.05) is 57.2 Å². The Kier molecular flexibility index (Phi) is 7.75. The van der Waals surface area contributed by atoms with Crippen molar-refractivity contribution in [3.8, 4) is 5.75 Å². The third kappa shape index (κ3) is 5.34. The summed E-state index contributed by atoms with van der Waals surface area (Å²) in [5.74, 6) is 0.435. The van der Waals surface area contributed by atoms with Gasteiger partial charge in [-0.15, -0.1) is 0 Å². The Labute approximate surface area is 258 Å². The van der Waals surface area contributed by atoms with Crippen LogP contribution in [0.5, 0.6) is 5.75 Å². The zero-order valence-corrected chi connectivity index (χ0v) is 26.9. The summed E-state index contributed by atoms with van der Waals surface area (Å²) in [6.45, 7) is 12.2. The van der Waals surface area contributed by atoms with E-state index in [0.717, 1.165) is 28.2 Å². The Morgan fingerprint density at radius 2 is 1.90 bits per heavy atom. The Morgan fingerprint density at radius 3 is 2.55 bits per heavy atom. The first-order chi connectivity index (χ1) is 19.7. The Hall–Kier alpha value is -3.62. The van der Waals surface area contributed by atoms with Gasteiger partial charge in [0.2, 0.25) is 5.91 Å². The van der Waals surface area contributed by atoms with E-state index in [1.54, 1.807) is 13.3 Å². The highest BCUT2D eigenvalue weighted by Crippen LogP contribution is 2.48. The van der Waals surface area contributed by atoms with Gasteiger partial charge < -0.3 is 25.2 Å². The summed E-state index contributed by atoms with van der Waals surface area (Å²) in [6, 6.07) is 15.2. The van der Waals surface area contributed by atoms with Crippen molar-refractivity contribution in [3.63, 3.8) is 0 Å². The number of rotatable bonds is 5. The number of aromatic nitrogens is 1. The van der Waals surface area contributed by atoms with Crippen molar-refractivity contribution in [1.29, 1.82) is 0 Å². The maximum absolute atomic E-state index is 12.7. The second kappa shape index (κ2) is 10.9. The van der Waals surface area contributed by atoms with Crippen LogP contribution in [0.2, 0.25) is 5.02 Å². The van der Waals surface area contributed by atoms with Crippen molar-refractivity contribution in [2.24, 2.45) is 5.41 Å². The second-order valence-electron chi connectivity index (χ2n) is 12.5. The number of hydrogen-bond acceptors (Lipinski definition) is 5. The number of likely N-dealkylation sites (N-methyl/N-ethyl adjacent to an activating group) is 1. The van der Waals surface area contributed by atoms with Crippen molar-refractivity contribution < 1.29 is 9.53 Å². The number of benzene rings is 2. The maximum atomic E-state index is 12.7. The van der Waals surface area contributed by atoms with Crippen molar-refractivity contribution in [2.45, 2.75) is 59.2 Å². The van der Waals surface area contributed by atoms with Gasteiger partial charge in [0.25, 0.3) is 0 Å². The molecule has 42 heavy (non-hydrogen) atoms. The van der Waals surface area contributed by atoms with Crippen LogP contribution in [-0.2, 0) is 4.79 Å². The number of fused-ring (bicyclic) bond motifs is 1. The van der Waals surface area contributed by atoms with E-state index in [0.29, 0.717) is 21.6 Å². The zero-order valence-electron chi connectivity index (χ0n) is 25.4. The molecule has 1 saturated heterocycles. The standard InChI is InChI=1S/C33H38ClN5O2S/c1-19-18-33(5,6)38(7)26-17-23(34)22(16-21(19)26)29-28(25-11-9-10-14-35-25)37-31(42)39(29)20-12-13-24(27(15-20)41-8)36-30(40)32(2,3)4/h9-18,28-29H,1-8H3,(H,36,40)(H,37,42)/t28-,29-/m1/s1. The Bertz CT molecular complexity index is 1580. The van der Waals surface area contributed by atoms with Gasteiger partial charge in [-0.05, 0) is 80.5 Å². The zero-order chi connectivity index (χ0) is 30.6. The molecule has 2 aromatic carbocycles. The number of methoxy groups -OCH3 is 1. The molecule has 0 radical (unpaired) electrons. The van der Waals surface area contributed by atoms with Crippen LogP contribution in [0.1, 0.15) is 70.4 Å². The molecule has 3 aromatic rings. The highest BCUT2D eigenvalue weighted by molar-refractivity contribution is 7.80. The van der Waals surface area contributed by atoms with Gasteiger partial charge in [0.15, 0.2) is 5.11 Å². The number of ether oxygens (including phenoxy) is 1. The van der Waals surface area contributed by atoms with Crippen LogP contribution in [0.25, 0.3) is 5.57 Å². The van der Waals surface area contributed by atoms with E-state index >= 15 is 0 Å². The fourth-order valence-electron chi connectivity index (χ4n) is 5.61. The molecule has 0 saturated carbocycles. The molecule has 0 spiro atoms. The highest BCUT2D eigenvalue weighted by atomic mass is 35.5. The fraction of sp³-hybridized carbons (Fsp3) is 0.364. The third-order valence-corrected chi connectivity index (χ3v) is 8.79. The van der Waals surface area contributed by atoms with Gasteiger partial charge in [-0.1, -0.05) is 44.5 Å². The number of allylic oxidation sites excluding steroid dienone is 1. The van der Waals surface area contributed by atoms with Gasteiger partial charge in [0.1, 0.15) is 5.75 Å². The van der Waals surface area contributed by atoms with Crippen LogP contribution >= 0.6 is 23.8 Å².